The number of likely N-dealkylation sites (tertiary alicyclic amines) is 1. The Labute approximate surface area is 103 Å². The standard InChI is InChI=1S/C14H19N2O/c17-14(13-7-2-1-3-8-13)15-9-6-12-16-10-4-5-11-16/h1-2,7-8H,4-6,9-12H2,(H,15,17). The summed E-state index contributed by atoms with van der Waals surface area (Å²) >= 11 is 0. The smallest absolute Gasteiger partial charge is 0.251 e. The molecule has 1 aromatic carbocycles. The maximum absolute atomic E-state index is 11.7. The van der Waals surface area contributed by atoms with Crippen LogP contribution in [0.1, 0.15) is 29.6 Å². The topological polar surface area (TPSA) is 32.3 Å². The molecule has 2 rings (SSSR count). The molecule has 0 aromatic heterocycles. The fraction of sp³-hybridized carbons (Fsp3) is 0.500. The molecule has 0 atom stereocenters. The highest BCUT2D eigenvalue weighted by atomic mass is 16.1. The summed E-state index contributed by atoms with van der Waals surface area (Å²) in [6, 6.07) is 10.1. The van der Waals surface area contributed by atoms with Gasteiger partial charge in [-0.25, -0.2) is 0 Å². The molecule has 3 heteroatoms. The molecule has 91 valence electrons. The summed E-state index contributed by atoms with van der Waals surface area (Å²) in [5.41, 5.74) is 0.689. The molecule has 0 saturated carbocycles. The number of nitrogens with zero attached hydrogens (tertiary/aromatic N) is 1. The summed E-state index contributed by atoms with van der Waals surface area (Å²) < 4.78 is 0. The maximum atomic E-state index is 11.7. The van der Waals surface area contributed by atoms with E-state index < -0.39 is 0 Å². The van der Waals surface area contributed by atoms with Crippen LogP contribution in [0.2, 0.25) is 0 Å². The Balaban J connectivity index is 1.63. The van der Waals surface area contributed by atoms with Crippen LogP contribution >= 0.6 is 0 Å². The minimum atomic E-state index is 0.00303. The fourth-order valence-corrected chi connectivity index (χ4v) is 2.15. The van der Waals surface area contributed by atoms with Gasteiger partial charge in [-0.1, -0.05) is 12.1 Å². The zero-order valence-electron chi connectivity index (χ0n) is 10.1. The molecule has 1 radical (unpaired) electrons. The first-order valence-corrected chi connectivity index (χ1v) is 6.33. The Hall–Kier alpha value is -1.35. The highest BCUT2D eigenvalue weighted by molar-refractivity contribution is 5.93. The minimum Gasteiger partial charge on any atom is -0.352 e. The van der Waals surface area contributed by atoms with E-state index in [1.807, 2.05) is 12.1 Å². The minimum absolute atomic E-state index is 0.00303. The van der Waals surface area contributed by atoms with E-state index in [1.54, 1.807) is 12.1 Å². The summed E-state index contributed by atoms with van der Waals surface area (Å²) in [5, 5.41) is 2.94. The number of carbonyl (C=O) groups is 1. The van der Waals surface area contributed by atoms with Crippen LogP contribution in [-0.4, -0.2) is 37.0 Å². The molecule has 1 aliphatic rings. The third-order valence-electron chi connectivity index (χ3n) is 3.10. The van der Waals surface area contributed by atoms with Crippen molar-refractivity contribution in [3.63, 3.8) is 0 Å². The quantitative estimate of drug-likeness (QED) is 0.782. The van der Waals surface area contributed by atoms with Crippen LogP contribution in [-0.2, 0) is 0 Å². The average Bonchev–Trinajstić information content (AvgIpc) is 2.88. The van der Waals surface area contributed by atoms with E-state index in [0.29, 0.717) is 5.56 Å². The predicted octanol–water partition coefficient (Wildman–Crippen LogP) is 1.70. The second-order valence-electron chi connectivity index (χ2n) is 4.45. The van der Waals surface area contributed by atoms with Crippen molar-refractivity contribution in [1.29, 1.82) is 0 Å². The Bertz CT molecular complexity index is 344. The van der Waals surface area contributed by atoms with Gasteiger partial charge in [0, 0.05) is 12.1 Å². The number of rotatable bonds is 5. The molecule has 0 bridgehead atoms. The van der Waals surface area contributed by atoms with Crippen LogP contribution in [0.25, 0.3) is 0 Å². The van der Waals surface area contributed by atoms with Crippen molar-refractivity contribution in [1.82, 2.24) is 10.2 Å². The van der Waals surface area contributed by atoms with Crippen molar-refractivity contribution in [3.8, 4) is 0 Å². The average molecular weight is 231 g/mol. The molecule has 0 spiro atoms. The van der Waals surface area contributed by atoms with E-state index >= 15 is 0 Å². The van der Waals surface area contributed by atoms with Gasteiger partial charge in [0.1, 0.15) is 0 Å². The van der Waals surface area contributed by atoms with Gasteiger partial charge in [0.2, 0.25) is 0 Å². The van der Waals surface area contributed by atoms with E-state index in [1.165, 1.54) is 25.9 Å². The van der Waals surface area contributed by atoms with Gasteiger partial charge in [-0.2, -0.15) is 0 Å². The molecular weight excluding hydrogens is 212 g/mol. The van der Waals surface area contributed by atoms with Gasteiger partial charge in [-0.15, -0.1) is 0 Å². The Morgan fingerprint density at radius 3 is 2.94 bits per heavy atom. The summed E-state index contributed by atoms with van der Waals surface area (Å²) in [6.45, 7) is 4.30. The number of hydrogen-bond donors (Lipinski definition) is 1. The van der Waals surface area contributed by atoms with Gasteiger partial charge in [0.25, 0.3) is 5.91 Å². The number of carbonyl (C=O) groups excluding carboxylic acids is 1. The molecule has 0 aliphatic carbocycles. The van der Waals surface area contributed by atoms with Gasteiger partial charge in [0.05, 0.1) is 0 Å². The zero-order chi connectivity index (χ0) is 11.9. The van der Waals surface area contributed by atoms with Crippen molar-refractivity contribution in [3.05, 3.63) is 35.9 Å². The summed E-state index contributed by atoms with van der Waals surface area (Å²) in [5.74, 6) is 0.00303. The predicted molar refractivity (Wildman–Crippen MR) is 67.9 cm³/mol. The second kappa shape index (κ2) is 6.40. The Morgan fingerprint density at radius 2 is 2.24 bits per heavy atom. The summed E-state index contributed by atoms with van der Waals surface area (Å²) in [6.07, 6.45) is 3.68. The van der Waals surface area contributed by atoms with E-state index in [0.717, 1.165) is 19.5 Å². The summed E-state index contributed by atoms with van der Waals surface area (Å²) in [7, 11) is 0. The van der Waals surface area contributed by atoms with Crippen LogP contribution < -0.4 is 5.32 Å². The SMILES string of the molecule is O=C(NCCCN1CCCC1)c1c[c]ccc1. The second-order valence-corrected chi connectivity index (χ2v) is 4.45. The monoisotopic (exact) mass is 231 g/mol. The van der Waals surface area contributed by atoms with Crippen LogP contribution in [0.5, 0.6) is 0 Å². The number of nitrogens with one attached hydrogen (secondary N) is 1. The molecule has 1 heterocycles. The zero-order valence-corrected chi connectivity index (χ0v) is 10.1. The van der Waals surface area contributed by atoms with Gasteiger partial charge in [0.15, 0.2) is 0 Å². The lowest BCUT2D eigenvalue weighted by molar-refractivity contribution is 0.0952. The lowest BCUT2D eigenvalue weighted by atomic mass is 10.2. The largest absolute Gasteiger partial charge is 0.352 e. The molecule has 1 fully saturated rings. The molecule has 1 aromatic rings. The molecule has 1 aliphatic heterocycles. The molecule has 1 saturated heterocycles. The van der Waals surface area contributed by atoms with Crippen molar-refractivity contribution in [2.75, 3.05) is 26.2 Å². The number of benzene rings is 1. The first kappa shape index (κ1) is 12.1. The molecule has 1 amide bonds. The van der Waals surface area contributed by atoms with E-state index in [2.05, 4.69) is 16.3 Å². The summed E-state index contributed by atoms with van der Waals surface area (Å²) in [4.78, 5) is 14.2. The van der Waals surface area contributed by atoms with Crippen LogP contribution in [0.3, 0.4) is 0 Å². The molecule has 0 unspecified atom stereocenters. The number of hydrogen-bond acceptors (Lipinski definition) is 2. The molecule has 1 N–H and O–H groups in total. The Morgan fingerprint density at radius 1 is 1.41 bits per heavy atom. The van der Waals surface area contributed by atoms with Gasteiger partial charge in [-0.3, -0.25) is 4.79 Å². The van der Waals surface area contributed by atoms with Gasteiger partial charge >= 0.3 is 0 Å². The molecular formula is C14H19N2O. The number of amides is 1. The highest BCUT2D eigenvalue weighted by Crippen LogP contribution is 2.06. The first-order chi connectivity index (χ1) is 8.36. The van der Waals surface area contributed by atoms with E-state index in [4.69, 9.17) is 0 Å². The maximum Gasteiger partial charge on any atom is 0.251 e. The lowest BCUT2D eigenvalue weighted by Crippen LogP contribution is -2.28. The third-order valence-corrected chi connectivity index (χ3v) is 3.10. The highest BCUT2D eigenvalue weighted by Gasteiger charge is 2.10. The van der Waals surface area contributed by atoms with Crippen LogP contribution in [0, 0.1) is 6.07 Å². The normalized spacial score (nSPS) is 16.0. The van der Waals surface area contributed by atoms with E-state index in [9.17, 15) is 4.79 Å². The van der Waals surface area contributed by atoms with Gasteiger partial charge < -0.3 is 10.2 Å². The first-order valence-electron chi connectivity index (χ1n) is 6.33. The fourth-order valence-electron chi connectivity index (χ4n) is 2.15. The van der Waals surface area contributed by atoms with E-state index in [-0.39, 0.29) is 5.91 Å². The van der Waals surface area contributed by atoms with Crippen LogP contribution in [0.4, 0.5) is 0 Å². The Kier molecular flexibility index (Phi) is 4.56. The third kappa shape index (κ3) is 3.86. The van der Waals surface area contributed by atoms with Crippen molar-refractivity contribution >= 4 is 5.91 Å². The van der Waals surface area contributed by atoms with Crippen molar-refractivity contribution < 1.29 is 4.79 Å². The molecule has 3 nitrogen and oxygen atoms in total. The van der Waals surface area contributed by atoms with Crippen molar-refractivity contribution in [2.24, 2.45) is 0 Å². The lowest BCUT2D eigenvalue weighted by Gasteiger charge is -2.14. The van der Waals surface area contributed by atoms with Crippen LogP contribution in [0.15, 0.2) is 24.3 Å². The van der Waals surface area contributed by atoms with Crippen molar-refractivity contribution in [2.45, 2.75) is 19.3 Å². The molecule has 17 heavy (non-hydrogen) atoms. The van der Waals surface area contributed by atoms with Gasteiger partial charge in [-0.05, 0) is 57.1 Å².